The van der Waals surface area contributed by atoms with E-state index in [4.69, 9.17) is 26.0 Å². The number of hydrogen-bond donors (Lipinski definition) is 5. The number of guanidine groups is 1. The second-order valence-electron chi connectivity index (χ2n) is 8.52. The molecule has 7 N–H and O–H groups in total. The second kappa shape index (κ2) is 12.5. The number of ether oxygens (including phenoxy) is 1. The SMILES string of the molecule is CC(=Cc1cc(F)c(Oc2ccc(S(=O)(=O)NCc3ccc(CP(=O)(O)O)cc3)cc2)c(F)c1)C(=O)N=C(N)N. The number of halogens is 2. The highest BCUT2D eigenvalue weighted by Crippen LogP contribution is 2.39. The van der Waals surface area contributed by atoms with E-state index in [2.05, 4.69) is 9.71 Å². The van der Waals surface area contributed by atoms with E-state index in [0.717, 1.165) is 12.1 Å². The van der Waals surface area contributed by atoms with Crippen molar-refractivity contribution in [1.82, 2.24) is 4.72 Å². The minimum absolute atomic E-state index is 0.0166. The van der Waals surface area contributed by atoms with Crippen molar-refractivity contribution in [2.45, 2.75) is 24.5 Å². The summed E-state index contributed by atoms with van der Waals surface area (Å²) < 4.78 is 73.3. The number of nitrogens with one attached hydrogen (secondary N) is 1. The normalized spacial score (nSPS) is 12.2. The highest BCUT2D eigenvalue weighted by Gasteiger charge is 2.18. The molecule has 0 fully saturated rings. The maximum absolute atomic E-state index is 14.6. The largest absolute Gasteiger partial charge is 0.451 e. The number of nitrogens with zero attached hydrogens (tertiary/aromatic N) is 1. The number of amides is 1. The first kappa shape index (κ1) is 30.6. The lowest BCUT2D eigenvalue weighted by Crippen LogP contribution is -2.24. The summed E-state index contributed by atoms with van der Waals surface area (Å²) in [6, 6.07) is 12.7. The van der Waals surface area contributed by atoms with Crippen LogP contribution in [-0.4, -0.2) is 30.1 Å². The van der Waals surface area contributed by atoms with Crippen LogP contribution in [0.5, 0.6) is 11.5 Å². The Morgan fingerprint density at radius 1 is 1.02 bits per heavy atom. The molecule has 0 aliphatic heterocycles. The van der Waals surface area contributed by atoms with Crippen LogP contribution in [0.1, 0.15) is 23.6 Å². The number of sulfonamides is 1. The predicted octanol–water partition coefficient (Wildman–Crippen LogP) is 3.12. The Morgan fingerprint density at radius 3 is 2.10 bits per heavy atom. The van der Waals surface area contributed by atoms with Gasteiger partial charge in [0.2, 0.25) is 10.0 Å². The number of hydrogen-bond acceptors (Lipinski definition) is 5. The van der Waals surface area contributed by atoms with E-state index >= 15 is 0 Å². The molecule has 3 aromatic carbocycles. The zero-order valence-corrected chi connectivity index (χ0v) is 22.6. The molecule has 0 radical (unpaired) electrons. The Hall–Kier alpha value is -3.94. The van der Waals surface area contributed by atoms with E-state index in [0.29, 0.717) is 11.1 Å². The van der Waals surface area contributed by atoms with Gasteiger partial charge in [-0.15, -0.1) is 0 Å². The van der Waals surface area contributed by atoms with E-state index in [1.54, 1.807) is 0 Å². The number of carbonyl (C=O) groups excluding carboxylic acids is 1. The number of aliphatic imine (C=N–C) groups is 1. The molecule has 0 bridgehead atoms. The van der Waals surface area contributed by atoms with Gasteiger partial charge in [0.25, 0.3) is 5.91 Å². The van der Waals surface area contributed by atoms with Gasteiger partial charge in [-0.1, -0.05) is 24.3 Å². The van der Waals surface area contributed by atoms with Gasteiger partial charge in [0, 0.05) is 12.1 Å². The predicted molar refractivity (Wildman–Crippen MR) is 144 cm³/mol. The van der Waals surface area contributed by atoms with Gasteiger partial charge in [-0.25, -0.2) is 21.9 Å². The molecular weight excluding hydrogens is 569 g/mol. The number of benzene rings is 3. The Bertz CT molecular complexity index is 1590. The number of carbonyl (C=O) groups is 1. The molecule has 3 rings (SSSR count). The maximum atomic E-state index is 14.6. The lowest BCUT2D eigenvalue weighted by molar-refractivity contribution is -0.114. The highest BCUT2D eigenvalue weighted by atomic mass is 32.2. The molecule has 0 saturated carbocycles. The summed E-state index contributed by atoms with van der Waals surface area (Å²) in [7, 11) is -8.19. The van der Waals surface area contributed by atoms with Crippen LogP contribution in [0.3, 0.4) is 0 Å². The molecular formula is C25H25F2N4O7PS. The molecule has 0 aliphatic carbocycles. The molecule has 0 aromatic heterocycles. The van der Waals surface area contributed by atoms with Crippen molar-refractivity contribution >= 4 is 35.6 Å². The van der Waals surface area contributed by atoms with E-state index < -0.39 is 53.0 Å². The summed E-state index contributed by atoms with van der Waals surface area (Å²) in [5.41, 5.74) is 11.3. The van der Waals surface area contributed by atoms with Gasteiger partial charge >= 0.3 is 7.60 Å². The monoisotopic (exact) mass is 594 g/mol. The summed E-state index contributed by atoms with van der Waals surface area (Å²) >= 11 is 0. The Labute approximate surface area is 228 Å². The van der Waals surface area contributed by atoms with Crippen LogP contribution in [0.15, 0.2) is 76.1 Å². The molecule has 1 amide bonds. The van der Waals surface area contributed by atoms with E-state index in [9.17, 15) is 26.6 Å². The van der Waals surface area contributed by atoms with Gasteiger partial charge in [-0.05, 0) is 66.1 Å². The van der Waals surface area contributed by atoms with Crippen molar-refractivity contribution in [1.29, 1.82) is 0 Å². The van der Waals surface area contributed by atoms with Crippen molar-refractivity contribution in [2.75, 3.05) is 0 Å². The third kappa shape index (κ3) is 8.79. The molecule has 3 aromatic rings. The quantitative estimate of drug-likeness (QED) is 0.101. The van der Waals surface area contributed by atoms with Crippen LogP contribution < -0.4 is 20.9 Å². The first-order valence-electron chi connectivity index (χ1n) is 11.3. The minimum atomic E-state index is -4.22. The topological polar surface area (TPSA) is 194 Å². The molecule has 0 aliphatic rings. The zero-order valence-electron chi connectivity index (χ0n) is 20.9. The van der Waals surface area contributed by atoms with Crippen LogP contribution in [0, 0.1) is 11.6 Å². The standard InChI is InChI=1S/C25H25F2N4O7PS/c1-15(24(32)31-25(28)29)10-18-11-21(26)23(22(27)12-18)38-19-6-8-20(9-7-19)40(36,37)30-13-16-2-4-17(5-3-16)14-39(33,34)35/h2-12,30H,13-14H2,1H3,(H2,33,34,35)(H4,28,29,31,32). The molecule has 15 heteroatoms. The second-order valence-corrected chi connectivity index (χ2v) is 11.9. The first-order chi connectivity index (χ1) is 18.6. The minimum Gasteiger partial charge on any atom is -0.451 e. The molecule has 40 heavy (non-hydrogen) atoms. The Kier molecular flexibility index (Phi) is 9.56. The Morgan fingerprint density at radius 2 is 1.57 bits per heavy atom. The molecule has 11 nitrogen and oxygen atoms in total. The molecule has 0 spiro atoms. The van der Waals surface area contributed by atoms with Crippen LogP contribution in [0.4, 0.5) is 8.78 Å². The summed E-state index contributed by atoms with van der Waals surface area (Å²) in [4.78, 5) is 33.1. The summed E-state index contributed by atoms with van der Waals surface area (Å²) in [5, 5.41) is 0. The van der Waals surface area contributed by atoms with Crippen molar-refractivity contribution in [2.24, 2.45) is 16.5 Å². The van der Waals surface area contributed by atoms with Crippen LogP contribution in [-0.2, 0) is 32.1 Å². The fraction of sp³-hybridized carbons (Fsp3) is 0.120. The van der Waals surface area contributed by atoms with Crippen molar-refractivity contribution < 1.29 is 41.1 Å². The lowest BCUT2D eigenvalue weighted by atomic mass is 10.1. The maximum Gasteiger partial charge on any atom is 0.329 e. The van der Waals surface area contributed by atoms with Crippen LogP contribution in [0.2, 0.25) is 0 Å². The van der Waals surface area contributed by atoms with Gasteiger partial charge in [0.1, 0.15) is 5.75 Å². The highest BCUT2D eigenvalue weighted by molar-refractivity contribution is 7.89. The summed E-state index contributed by atoms with van der Waals surface area (Å²) in [6.45, 7) is 1.27. The molecule has 212 valence electrons. The van der Waals surface area contributed by atoms with Crippen molar-refractivity contribution in [3.8, 4) is 11.5 Å². The van der Waals surface area contributed by atoms with E-state index in [1.165, 1.54) is 61.5 Å². The first-order valence-corrected chi connectivity index (χ1v) is 14.6. The Balaban J connectivity index is 1.68. The van der Waals surface area contributed by atoms with Crippen LogP contribution in [0.25, 0.3) is 6.08 Å². The number of nitrogens with two attached hydrogens (primary N) is 2. The molecule has 0 saturated heterocycles. The average molecular weight is 595 g/mol. The van der Waals surface area contributed by atoms with Gasteiger partial charge in [0.05, 0.1) is 11.1 Å². The molecule has 0 atom stereocenters. The molecule has 0 heterocycles. The van der Waals surface area contributed by atoms with Gasteiger partial charge in [0.15, 0.2) is 23.3 Å². The summed E-state index contributed by atoms with van der Waals surface area (Å²) in [5.74, 6) is -4.15. The van der Waals surface area contributed by atoms with E-state index in [-0.39, 0.29) is 28.3 Å². The van der Waals surface area contributed by atoms with Gasteiger partial charge in [-0.3, -0.25) is 9.36 Å². The molecule has 0 unspecified atom stereocenters. The average Bonchev–Trinajstić information content (AvgIpc) is 2.85. The fourth-order valence-corrected chi connectivity index (χ4v) is 5.05. The third-order valence-corrected chi connectivity index (χ3v) is 7.40. The smallest absolute Gasteiger partial charge is 0.329 e. The van der Waals surface area contributed by atoms with Crippen molar-refractivity contribution in [3.63, 3.8) is 0 Å². The van der Waals surface area contributed by atoms with Gasteiger partial charge < -0.3 is 26.0 Å². The zero-order chi connectivity index (χ0) is 29.7. The van der Waals surface area contributed by atoms with E-state index in [1.807, 2.05) is 0 Å². The van der Waals surface area contributed by atoms with Crippen LogP contribution >= 0.6 is 7.60 Å². The third-order valence-electron chi connectivity index (χ3n) is 5.20. The number of rotatable bonds is 10. The van der Waals surface area contributed by atoms with Gasteiger partial charge in [-0.2, -0.15) is 4.99 Å². The fourth-order valence-electron chi connectivity index (χ4n) is 3.34. The van der Waals surface area contributed by atoms with Crippen molar-refractivity contribution in [3.05, 3.63) is 94.6 Å². The summed E-state index contributed by atoms with van der Waals surface area (Å²) in [6.07, 6.45) is 0.762. The lowest BCUT2D eigenvalue weighted by Gasteiger charge is -2.11.